The van der Waals surface area contributed by atoms with Crippen LogP contribution in [0, 0.1) is 5.82 Å². The van der Waals surface area contributed by atoms with Crippen LogP contribution >= 0.6 is 0 Å². The van der Waals surface area contributed by atoms with Gasteiger partial charge in [0.15, 0.2) is 0 Å². The Balaban J connectivity index is 1.50. The Kier molecular flexibility index (Phi) is 4.01. The minimum atomic E-state index is -0.281. The van der Waals surface area contributed by atoms with Crippen molar-refractivity contribution in [3.63, 3.8) is 0 Å². The number of halogens is 1. The Morgan fingerprint density at radius 2 is 1.56 bits per heavy atom. The fourth-order valence-electron chi connectivity index (χ4n) is 4.00. The molecule has 0 radical (unpaired) electrons. The van der Waals surface area contributed by atoms with Crippen molar-refractivity contribution in [1.29, 1.82) is 0 Å². The second-order valence-electron chi connectivity index (χ2n) is 7.58. The highest BCUT2D eigenvalue weighted by Crippen LogP contribution is 2.34. The summed E-state index contributed by atoms with van der Waals surface area (Å²) in [6, 6.07) is 17.9. The first-order chi connectivity index (χ1) is 15.7. The van der Waals surface area contributed by atoms with E-state index in [9.17, 15) is 9.50 Å². The normalized spacial score (nSPS) is 11.4. The van der Waals surface area contributed by atoms with Gasteiger partial charge >= 0.3 is 0 Å². The molecule has 0 saturated carbocycles. The number of H-pyrrole nitrogens is 2. The first-order valence-corrected chi connectivity index (χ1v) is 10.0. The van der Waals surface area contributed by atoms with Gasteiger partial charge in [0.05, 0.1) is 23.1 Å². The summed E-state index contributed by atoms with van der Waals surface area (Å²) in [5, 5.41) is 19.3. The van der Waals surface area contributed by atoms with E-state index in [1.807, 2.05) is 30.3 Å². The van der Waals surface area contributed by atoms with Crippen molar-refractivity contribution in [1.82, 2.24) is 25.1 Å². The second kappa shape index (κ2) is 7.02. The van der Waals surface area contributed by atoms with Gasteiger partial charge in [0, 0.05) is 39.8 Å². The van der Waals surface area contributed by atoms with Gasteiger partial charge in [-0.1, -0.05) is 6.07 Å². The summed E-state index contributed by atoms with van der Waals surface area (Å²) in [6.45, 7) is 0. The van der Waals surface area contributed by atoms with Crippen LogP contribution < -0.4 is 0 Å². The lowest BCUT2D eigenvalue weighted by Crippen LogP contribution is -1.84. The van der Waals surface area contributed by atoms with Gasteiger partial charge in [-0.3, -0.25) is 15.1 Å². The number of pyridine rings is 2. The predicted molar refractivity (Wildman–Crippen MR) is 121 cm³/mol. The van der Waals surface area contributed by atoms with E-state index in [2.05, 4.69) is 25.1 Å². The van der Waals surface area contributed by atoms with E-state index in [1.54, 1.807) is 30.6 Å². The average Bonchev–Trinajstić information content (AvgIpc) is 3.43. The van der Waals surface area contributed by atoms with Crippen LogP contribution in [-0.4, -0.2) is 30.3 Å². The molecule has 0 aliphatic heterocycles. The second-order valence-corrected chi connectivity index (χ2v) is 7.58. The van der Waals surface area contributed by atoms with Crippen molar-refractivity contribution >= 4 is 21.8 Å². The maximum absolute atomic E-state index is 13.4. The van der Waals surface area contributed by atoms with Crippen molar-refractivity contribution in [3.8, 4) is 39.5 Å². The fraction of sp³-hybridized carbons (Fsp3) is 0. The SMILES string of the molecule is Oc1cncc(-c2ccc3[nH]nc(-c4cc5c(-c6ccc(F)cc6)nccc5[nH]4)c3c2)c1. The summed E-state index contributed by atoms with van der Waals surface area (Å²) in [5.41, 5.74) is 6.78. The number of aromatic hydroxyl groups is 1. The number of rotatable bonds is 3. The number of aromatic nitrogens is 5. The lowest BCUT2D eigenvalue weighted by atomic mass is 10.0. The van der Waals surface area contributed by atoms with E-state index < -0.39 is 0 Å². The smallest absolute Gasteiger partial charge is 0.134 e. The number of benzene rings is 2. The molecule has 2 aromatic carbocycles. The minimum absolute atomic E-state index is 0.117. The van der Waals surface area contributed by atoms with Crippen LogP contribution in [0.25, 0.3) is 55.6 Å². The topological polar surface area (TPSA) is 90.5 Å². The van der Waals surface area contributed by atoms with Gasteiger partial charge in [-0.15, -0.1) is 0 Å². The van der Waals surface area contributed by atoms with Crippen molar-refractivity contribution in [2.24, 2.45) is 0 Å². The van der Waals surface area contributed by atoms with E-state index in [0.717, 1.165) is 55.6 Å². The molecule has 0 spiro atoms. The summed E-state index contributed by atoms with van der Waals surface area (Å²) in [6.07, 6.45) is 4.85. The van der Waals surface area contributed by atoms with E-state index in [1.165, 1.54) is 18.3 Å². The summed E-state index contributed by atoms with van der Waals surface area (Å²) in [5.74, 6) is -0.164. The molecule has 6 rings (SSSR count). The molecule has 0 amide bonds. The van der Waals surface area contributed by atoms with Crippen molar-refractivity contribution in [2.45, 2.75) is 0 Å². The predicted octanol–water partition coefficient (Wildman–Crippen LogP) is 5.68. The lowest BCUT2D eigenvalue weighted by Gasteiger charge is -2.02. The van der Waals surface area contributed by atoms with E-state index in [4.69, 9.17) is 0 Å². The summed E-state index contributed by atoms with van der Waals surface area (Å²) in [4.78, 5) is 12.0. The molecule has 0 atom stereocenters. The summed E-state index contributed by atoms with van der Waals surface area (Å²) < 4.78 is 13.4. The Morgan fingerprint density at radius 1 is 0.750 bits per heavy atom. The number of nitrogens with one attached hydrogen (secondary N) is 2. The Labute approximate surface area is 181 Å². The molecule has 0 saturated heterocycles. The van der Waals surface area contributed by atoms with Crippen molar-refractivity contribution in [2.75, 3.05) is 0 Å². The van der Waals surface area contributed by atoms with Crippen LogP contribution in [-0.2, 0) is 0 Å². The number of nitrogens with zero attached hydrogens (tertiary/aromatic N) is 3. The van der Waals surface area contributed by atoms with E-state index in [0.29, 0.717) is 0 Å². The van der Waals surface area contributed by atoms with Crippen molar-refractivity contribution in [3.05, 3.63) is 85.1 Å². The molecule has 0 aliphatic carbocycles. The third kappa shape index (κ3) is 2.99. The third-order valence-electron chi connectivity index (χ3n) is 5.54. The van der Waals surface area contributed by atoms with Gasteiger partial charge < -0.3 is 10.1 Å². The summed E-state index contributed by atoms with van der Waals surface area (Å²) >= 11 is 0. The van der Waals surface area contributed by atoms with Gasteiger partial charge in [0.2, 0.25) is 0 Å². The third-order valence-corrected chi connectivity index (χ3v) is 5.54. The van der Waals surface area contributed by atoms with Gasteiger partial charge in [-0.25, -0.2) is 4.39 Å². The molecule has 6 aromatic rings. The standard InChI is InChI=1S/C25H16FN5O/c26-17-4-1-14(2-5-17)24-20-11-23(29-21(20)7-8-28-24)25-19-10-15(3-6-22(19)30-31-25)16-9-18(32)13-27-12-16/h1-13,29,32H,(H,30,31). The van der Waals surface area contributed by atoms with Gasteiger partial charge in [-0.05, 0) is 60.2 Å². The van der Waals surface area contributed by atoms with Crippen LogP contribution in [0.3, 0.4) is 0 Å². The zero-order chi connectivity index (χ0) is 21.7. The molecule has 4 aromatic heterocycles. The highest BCUT2D eigenvalue weighted by molar-refractivity contribution is 6.00. The van der Waals surface area contributed by atoms with Crippen LogP contribution in [0.4, 0.5) is 4.39 Å². The lowest BCUT2D eigenvalue weighted by molar-refractivity contribution is 0.473. The van der Waals surface area contributed by atoms with Gasteiger partial charge in [0.25, 0.3) is 0 Å². The molecule has 0 unspecified atom stereocenters. The quantitative estimate of drug-likeness (QED) is 0.343. The maximum atomic E-state index is 13.4. The number of hydrogen-bond acceptors (Lipinski definition) is 4. The van der Waals surface area contributed by atoms with Gasteiger partial charge in [0.1, 0.15) is 17.3 Å². The zero-order valence-corrected chi connectivity index (χ0v) is 16.7. The maximum Gasteiger partial charge on any atom is 0.134 e. The number of aromatic amines is 2. The molecule has 4 heterocycles. The molecule has 0 fully saturated rings. The van der Waals surface area contributed by atoms with Crippen LogP contribution in [0.2, 0.25) is 0 Å². The minimum Gasteiger partial charge on any atom is -0.506 e. The molecular weight excluding hydrogens is 405 g/mol. The molecule has 154 valence electrons. The molecule has 0 aliphatic rings. The average molecular weight is 421 g/mol. The van der Waals surface area contributed by atoms with Gasteiger partial charge in [-0.2, -0.15) is 5.10 Å². The molecule has 32 heavy (non-hydrogen) atoms. The first-order valence-electron chi connectivity index (χ1n) is 10.0. The largest absolute Gasteiger partial charge is 0.506 e. The highest BCUT2D eigenvalue weighted by atomic mass is 19.1. The number of hydrogen-bond donors (Lipinski definition) is 3. The number of fused-ring (bicyclic) bond motifs is 2. The molecule has 6 nitrogen and oxygen atoms in total. The molecule has 0 bridgehead atoms. The van der Waals surface area contributed by atoms with Crippen LogP contribution in [0.15, 0.2) is 79.3 Å². The zero-order valence-electron chi connectivity index (χ0n) is 16.7. The summed E-state index contributed by atoms with van der Waals surface area (Å²) in [7, 11) is 0. The Hall–Kier alpha value is -4.52. The molecular formula is C25H16FN5O. The fourth-order valence-corrected chi connectivity index (χ4v) is 4.00. The Morgan fingerprint density at radius 3 is 2.41 bits per heavy atom. The van der Waals surface area contributed by atoms with Crippen LogP contribution in [0.1, 0.15) is 0 Å². The van der Waals surface area contributed by atoms with Crippen LogP contribution in [0.5, 0.6) is 5.75 Å². The highest BCUT2D eigenvalue weighted by Gasteiger charge is 2.15. The van der Waals surface area contributed by atoms with Crippen molar-refractivity contribution < 1.29 is 9.50 Å². The first kappa shape index (κ1) is 18.3. The monoisotopic (exact) mass is 421 g/mol. The molecule has 7 heteroatoms. The van der Waals surface area contributed by atoms with E-state index >= 15 is 0 Å². The molecule has 3 N–H and O–H groups in total. The van der Waals surface area contributed by atoms with E-state index in [-0.39, 0.29) is 11.6 Å². The Bertz CT molecular complexity index is 1600.